The fraction of sp³-hybridized carbons (Fsp3) is 0.727. The van der Waals surface area contributed by atoms with Crippen molar-refractivity contribution in [2.45, 2.75) is 44.6 Å². The van der Waals surface area contributed by atoms with Gasteiger partial charge in [-0.25, -0.2) is 0 Å². The summed E-state index contributed by atoms with van der Waals surface area (Å²) in [4.78, 5) is 11.3. The fourth-order valence-corrected chi connectivity index (χ4v) is 5.04. The Morgan fingerprint density at radius 3 is 2.07 bits per heavy atom. The third-order valence-corrected chi connectivity index (χ3v) is 6.45. The average Bonchev–Trinajstić information content (AvgIpc) is 2.16. The summed E-state index contributed by atoms with van der Waals surface area (Å²) in [7, 11) is 0. The Balaban J connectivity index is 4.67. The minimum absolute atomic E-state index is 0.253. The summed E-state index contributed by atoms with van der Waals surface area (Å²) < 4.78 is 2.46. The third-order valence-electron chi connectivity index (χ3n) is 2.37. The quantitative estimate of drug-likeness (QED) is 0.536. The van der Waals surface area contributed by atoms with Gasteiger partial charge in [0, 0.05) is 0 Å². The number of hydrogen-bond donors (Lipinski definition) is 0. The molecule has 0 saturated heterocycles. The summed E-state index contributed by atoms with van der Waals surface area (Å²) in [6, 6.07) is 0. The molecule has 0 aromatic carbocycles. The molecule has 0 unspecified atom stereocenters. The van der Waals surface area contributed by atoms with Gasteiger partial charge in [-0.05, 0) is 0 Å². The summed E-state index contributed by atoms with van der Waals surface area (Å²) in [5.41, 5.74) is 5.93. The van der Waals surface area contributed by atoms with Crippen molar-refractivity contribution >= 4 is 22.2 Å². The SMILES string of the molecule is CCC(=O)/C=C(/CC)[N](CC)[Ga]([CH3])[CH3]. The van der Waals surface area contributed by atoms with Gasteiger partial charge in [-0.1, -0.05) is 0 Å². The maximum atomic E-state index is 11.3. The van der Waals surface area contributed by atoms with Crippen LogP contribution in [-0.4, -0.2) is 32.4 Å². The predicted octanol–water partition coefficient (Wildman–Crippen LogP) is 2.83. The second-order valence-corrected chi connectivity index (χ2v) is 9.59. The zero-order valence-electron chi connectivity index (χ0n) is 10.1. The molecule has 0 bridgehead atoms. The number of ketones is 1. The molecule has 2 nitrogen and oxygen atoms in total. The average molecular weight is 254 g/mol. The van der Waals surface area contributed by atoms with Crippen LogP contribution in [0.15, 0.2) is 11.8 Å². The number of carbonyl (C=O) groups excluding carboxylic acids is 1. The Bertz CT molecular complexity index is 211. The van der Waals surface area contributed by atoms with Crippen LogP contribution in [0.3, 0.4) is 0 Å². The van der Waals surface area contributed by atoms with Gasteiger partial charge in [0.2, 0.25) is 0 Å². The van der Waals surface area contributed by atoms with E-state index in [2.05, 4.69) is 28.4 Å². The van der Waals surface area contributed by atoms with Crippen LogP contribution >= 0.6 is 0 Å². The summed E-state index contributed by atoms with van der Waals surface area (Å²) in [5.74, 6) is 0.253. The molecular weight excluding hydrogens is 232 g/mol. The van der Waals surface area contributed by atoms with E-state index in [1.165, 1.54) is 5.70 Å². The molecule has 0 atom stereocenters. The first-order chi connectivity index (χ1) is 6.56. The van der Waals surface area contributed by atoms with Crippen LogP contribution in [0.2, 0.25) is 11.0 Å². The summed E-state index contributed by atoms with van der Waals surface area (Å²) >= 11 is -1.27. The normalized spacial score (nSPS) is 11.4. The van der Waals surface area contributed by atoms with E-state index in [1.54, 1.807) is 0 Å². The molecule has 0 aliphatic carbocycles. The van der Waals surface area contributed by atoms with Gasteiger partial charge >= 0.3 is 93.5 Å². The van der Waals surface area contributed by atoms with Gasteiger partial charge in [0.15, 0.2) is 0 Å². The van der Waals surface area contributed by atoms with Crippen LogP contribution in [-0.2, 0) is 4.79 Å². The zero-order valence-corrected chi connectivity index (χ0v) is 12.6. The van der Waals surface area contributed by atoms with Crippen LogP contribution in [0, 0.1) is 0 Å². The van der Waals surface area contributed by atoms with E-state index in [4.69, 9.17) is 0 Å². The summed E-state index contributed by atoms with van der Waals surface area (Å²) in [6.07, 6.45) is 3.43. The van der Waals surface area contributed by atoms with Crippen molar-refractivity contribution < 1.29 is 4.79 Å². The molecule has 0 rings (SSSR count). The Labute approximate surface area is 93.7 Å². The zero-order chi connectivity index (χ0) is 11.1. The summed E-state index contributed by atoms with van der Waals surface area (Å²) in [6.45, 7) is 7.26. The Hall–Kier alpha value is -0.154. The van der Waals surface area contributed by atoms with E-state index in [9.17, 15) is 4.79 Å². The van der Waals surface area contributed by atoms with Gasteiger partial charge in [-0.15, -0.1) is 0 Å². The number of hydrogen-bond acceptors (Lipinski definition) is 2. The summed E-state index contributed by atoms with van der Waals surface area (Å²) in [5, 5.41) is 0. The van der Waals surface area contributed by atoms with Crippen LogP contribution in [0.5, 0.6) is 0 Å². The number of nitrogens with zero attached hydrogens (tertiary/aromatic N) is 1. The first-order valence-electron chi connectivity index (χ1n) is 5.56. The molecule has 0 fully saturated rings. The van der Waals surface area contributed by atoms with E-state index in [1.807, 2.05) is 13.0 Å². The Morgan fingerprint density at radius 2 is 1.79 bits per heavy atom. The molecular formula is C11H22GaNO. The van der Waals surface area contributed by atoms with Gasteiger partial charge in [0.1, 0.15) is 0 Å². The third kappa shape index (κ3) is 4.38. The molecule has 0 radical (unpaired) electrons. The molecule has 0 saturated carbocycles. The second kappa shape index (κ2) is 7.18. The number of carbonyl (C=O) groups is 1. The van der Waals surface area contributed by atoms with E-state index >= 15 is 0 Å². The van der Waals surface area contributed by atoms with Gasteiger partial charge in [0.05, 0.1) is 0 Å². The van der Waals surface area contributed by atoms with E-state index in [-0.39, 0.29) is 5.78 Å². The molecule has 0 aromatic heterocycles. The van der Waals surface area contributed by atoms with Crippen molar-refractivity contribution in [3.63, 3.8) is 0 Å². The molecule has 14 heavy (non-hydrogen) atoms. The van der Waals surface area contributed by atoms with E-state index in [0.29, 0.717) is 6.42 Å². The van der Waals surface area contributed by atoms with Crippen molar-refractivity contribution in [1.29, 1.82) is 0 Å². The first kappa shape index (κ1) is 13.8. The second-order valence-electron chi connectivity index (χ2n) is 3.69. The van der Waals surface area contributed by atoms with Crippen LogP contribution in [0.25, 0.3) is 0 Å². The molecule has 0 aromatic rings. The monoisotopic (exact) mass is 253 g/mol. The number of rotatable bonds is 6. The van der Waals surface area contributed by atoms with Crippen LogP contribution in [0.1, 0.15) is 33.6 Å². The molecule has 0 amide bonds. The standard InChI is InChI=1S/C9H17NO.2CH3.Ga/c1-4-8(10-6-3)7-9(11)5-2;;;/h7H,4-6H2,1-3H3,(H,10,11);2*1H3;/q;;;+1/p-1. The van der Waals surface area contributed by atoms with Gasteiger partial charge in [-0.2, -0.15) is 0 Å². The molecule has 0 N–H and O–H groups in total. The van der Waals surface area contributed by atoms with Crippen LogP contribution < -0.4 is 0 Å². The van der Waals surface area contributed by atoms with Gasteiger partial charge in [0.25, 0.3) is 0 Å². The predicted molar refractivity (Wildman–Crippen MR) is 63.5 cm³/mol. The molecule has 0 spiro atoms. The Kier molecular flexibility index (Phi) is 7.10. The maximum absolute atomic E-state index is 11.3. The van der Waals surface area contributed by atoms with Crippen molar-refractivity contribution in [3.05, 3.63) is 11.8 Å². The van der Waals surface area contributed by atoms with Crippen molar-refractivity contribution in [1.82, 2.24) is 3.61 Å². The fourth-order valence-electron chi connectivity index (χ4n) is 1.58. The van der Waals surface area contributed by atoms with E-state index in [0.717, 1.165) is 13.0 Å². The van der Waals surface area contributed by atoms with Gasteiger partial charge < -0.3 is 0 Å². The first-order valence-corrected chi connectivity index (χ1v) is 11.5. The molecule has 3 heteroatoms. The molecule has 0 heterocycles. The van der Waals surface area contributed by atoms with Crippen LogP contribution in [0.4, 0.5) is 0 Å². The number of allylic oxidation sites excluding steroid dienone is 2. The van der Waals surface area contributed by atoms with Crippen molar-refractivity contribution in [2.24, 2.45) is 0 Å². The minimum atomic E-state index is -1.27. The molecule has 80 valence electrons. The molecule has 0 aliphatic rings. The van der Waals surface area contributed by atoms with E-state index < -0.39 is 16.5 Å². The molecule has 0 aliphatic heterocycles. The van der Waals surface area contributed by atoms with Gasteiger partial charge in [-0.3, -0.25) is 0 Å². The Morgan fingerprint density at radius 1 is 1.21 bits per heavy atom. The van der Waals surface area contributed by atoms with Crippen molar-refractivity contribution in [3.8, 4) is 0 Å². The topological polar surface area (TPSA) is 20.3 Å². The van der Waals surface area contributed by atoms with Crippen molar-refractivity contribution in [2.75, 3.05) is 6.54 Å².